The summed E-state index contributed by atoms with van der Waals surface area (Å²) in [5, 5.41) is 2.88. The number of amides is 2. The number of nitrogens with zero attached hydrogens (tertiary/aromatic N) is 2. The van der Waals surface area contributed by atoms with Crippen LogP contribution in [0.15, 0.2) is 24.3 Å². The molecule has 2 saturated heterocycles. The molecular weight excluding hydrogens is 406 g/mol. The van der Waals surface area contributed by atoms with Crippen LogP contribution in [0.4, 0.5) is 0 Å². The van der Waals surface area contributed by atoms with Crippen LogP contribution in [-0.2, 0) is 14.6 Å². The fourth-order valence-electron chi connectivity index (χ4n) is 4.13. The Morgan fingerprint density at radius 2 is 1.80 bits per heavy atom. The van der Waals surface area contributed by atoms with Crippen LogP contribution in [0.2, 0.25) is 0 Å². The number of carbonyl (C=O) groups is 2. The second-order valence-electron chi connectivity index (χ2n) is 8.31. The monoisotopic (exact) mass is 437 g/mol. The molecule has 3 rings (SSSR count). The molecule has 1 N–H and O–H groups in total. The molecule has 1 aromatic rings. The van der Waals surface area contributed by atoms with Crippen molar-refractivity contribution in [3.63, 3.8) is 0 Å². The highest BCUT2D eigenvalue weighted by Crippen LogP contribution is 2.21. The number of benzene rings is 1. The number of piperazine rings is 1. The first-order valence-corrected chi connectivity index (χ1v) is 12.2. The molecule has 0 spiro atoms. The highest BCUT2D eigenvalue weighted by Gasteiger charge is 2.36. The van der Waals surface area contributed by atoms with Crippen LogP contribution in [-0.4, -0.2) is 86.9 Å². The standard InChI is InChI=1S/C21H31N3O5S/c1-15(2)19(22-20(25)17-6-4-5-7-18(17)29-3)21(26)24-11-9-23(10-12-24)16-8-13-30(27,28)14-16/h4-7,15-16,19H,8-14H2,1-3H3,(H,22,25)/t16?,19-/m0/s1. The number of sulfone groups is 1. The fraction of sp³-hybridized carbons (Fsp3) is 0.619. The van der Waals surface area contributed by atoms with Gasteiger partial charge in [-0.1, -0.05) is 26.0 Å². The largest absolute Gasteiger partial charge is 0.496 e. The van der Waals surface area contributed by atoms with Crippen LogP contribution in [0, 0.1) is 5.92 Å². The molecule has 0 aliphatic carbocycles. The Kier molecular flexibility index (Phi) is 7.02. The average molecular weight is 438 g/mol. The van der Waals surface area contributed by atoms with Gasteiger partial charge in [0, 0.05) is 32.2 Å². The number of carbonyl (C=O) groups excluding carboxylic acids is 2. The van der Waals surface area contributed by atoms with E-state index in [1.54, 1.807) is 29.2 Å². The SMILES string of the molecule is COc1ccccc1C(=O)N[C@H](C(=O)N1CCN(C2CCS(=O)(=O)C2)CC1)C(C)C. The van der Waals surface area contributed by atoms with Crippen molar-refractivity contribution >= 4 is 21.7 Å². The minimum atomic E-state index is -2.92. The highest BCUT2D eigenvalue weighted by molar-refractivity contribution is 7.91. The van der Waals surface area contributed by atoms with E-state index in [0.717, 1.165) is 0 Å². The minimum absolute atomic E-state index is 0.0541. The molecular formula is C21H31N3O5S. The van der Waals surface area contributed by atoms with Gasteiger partial charge in [0.05, 0.1) is 24.2 Å². The lowest BCUT2D eigenvalue weighted by molar-refractivity contribution is -0.136. The van der Waals surface area contributed by atoms with Gasteiger partial charge >= 0.3 is 0 Å². The van der Waals surface area contributed by atoms with Gasteiger partial charge in [-0.15, -0.1) is 0 Å². The van der Waals surface area contributed by atoms with E-state index >= 15 is 0 Å². The van der Waals surface area contributed by atoms with Crippen molar-refractivity contribution in [2.45, 2.75) is 32.4 Å². The molecule has 2 aliphatic heterocycles. The van der Waals surface area contributed by atoms with Gasteiger partial charge < -0.3 is 15.0 Å². The number of rotatable bonds is 6. The molecule has 2 amide bonds. The number of nitrogens with one attached hydrogen (secondary N) is 1. The van der Waals surface area contributed by atoms with Gasteiger partial charge in [-0.2, -0.15) is 0 Å². The minimum Gasteiger partial charge on any atom is -0.496 e. The maximum absolute atomic E-state index is 13.2. The van der Waals surface area contributed by atoms with Gasteiger partial charge in [-0.25, -0.2) is 8.42 Å². The summed E-state index contributed by atoms with van der Waals surface area (Å²) in [5.41, 5.74) is 0.394. The Hall–Kier alpha value is -2.13. The molecule has 0 radical (unpaired) electrons. The first-order chi connectivity index (χ1) is 14.2. The maximum Gasteiger partial charge on any atom is 0.255 e. The van der Waals surface area contributed by atoms with Crippen molar-refractivity contribution in [3.05, 3.63) is 29.8 Å². The zero-order chi connectivity index (χ0) is 21.9. The first-order valence-electron chi connectivity index (χ1n) is 10.4. The second-order valence-corrected chi connectivity index (χ2v) is 10.5. The maximum atomic E-state index is 13.2. The van der Waals surface area contributed by atoms with Gasteiger partial charge in [0.2, 0.25) is 5.91 Å². The lowest BCUT2D eigenvalue weighted by atomic mass is 10.0. The van der Waals surface area contributed by atoms with E-state index in [1.807, 2.05) is 13.8 Å². The van der Waals surface area contributed by atoms with Crippen molar-refractivity contribution < 1.29 is 22.7 Å². The van der Waals surface area contributed by atoms with Gasteiger partial charge in [-0.05, 0) is 24.5 Å². The lowest BCUT2D eigenvalue weighted by Gasteiger charge is -2.39. The average Bonchev–Trinajstić information content (AvgIpc) is 3.10. The predicted molar refractivity (Wildman–Crippen MR) is 114 cm³/mol. The summed E-state index contributed by atoms with van der Waals surface area (Å²) < 4.78 is 28.7. The van der Waals surface area contributed by atoms with Crippen molar-refractivity contribution in [2.75, 3.05) is 44.8 Å². The summed E-state index contributed by atoms with van der Waals surface area (Å²) in [6.07, 6.45) is 0.667. The predicted octanol–water partition coefficient (Wildman–Crippen LogP) is 0.781. The summed E-state index contributed by atoms with van der Waals surface area (Å²) >= 11 is 0. The van der Waals surface area contributed by atoms with Gasteiger partial charge in [0.1, 0.15) is 11.8 Å². The molecule has 0 saturated carbocycles. The lowest BCUT2D eigenvalue weighted by Crippen LogP contribution is -2.57. The van der Waals surface area contributed by atoms with Gasteiger partial charge in [-0.3, -0.25) is 14.5 Å². The van der Waals surface area contributed by atoms with Crippen LogP contribution < -0.4 is 10.1 Å². The highest BCUT2D eigenvalue weighted by atomic mass is 32.2. The van der Waals surface area contributed by atoms with E-state index in [1.165, 1.54) is 7.11 Å². The van der Waals surface area contributed by atoms with Crippen LogP contribution in [0.3, 0.4) is 0 Å². The fourth-order valence-corrected chi connectivity index (χ4v) is 5.89. The Morgan fingerprint density at radius 1 is 1.13 bits per heavy atom. The van der Waals surface area contributed by atoms with E-state index in [4.69, 9.17) is 4.74 Å². The molecule has 2 atom stereocenters. The molecule has 1 aromatic carbocycles. The van der Waals surface area contributed by atoms with E-state index < -0.39 is 15.9 Å². The Morgan fingerprint density at radius 3 is 2.37 bits per heavy atom. The first kappa shape index (κ1) is 22.6. The van der Waals surface area contributed by atoms with Crippen LogP contribution >= 0.6 is 0 Å². The number of hydrogen-bond acceptors (Lipinski definition) is 6. The van der Waals surface area contributed by atoms with Crippen molar-refractivity contribution in [2.24, 2.45) is 5.92 Å². The summed E-state index contributed by atoms with van der Waals surface area (Å²) in [4.78, 5) is 29.9. The third-order valence-electron chi connectivity index (χ3n) is 5.92. The summed E-state index contributed by atoms with van der Waals surface area (Å²) in [5.74, 6) is 0.409. The Bertz CT molecular complexity index is 878. The number of hydrogen-bond donors (Lipinski definition) is 1. The Labute approximate surface area is 178 Å². The van der Waals surface area contributed by atoms with E-state index in [2.05, 4.69) is 10.2 Å². The van der Waals surface area contributed by atoms with E-state index in [-0.39, 0.29) is 35.3 Å². The molecule has 0 bridgehead atoms. The van der Waals surface area contributed by atoms with Crippen LogP contribution in [0.5, 0.6) is 5.75 Å². The third-order valence-corrected chi connectivity index (χ3v) is 7.67. The second kappa shape index (κ2) is 9.34. The molecule has 0 aromatic heterocycles. The normalized spacial score (nSPS) is 22.7. The van der Waals surface area contributed by atoms with Crippen LogP contribution in [0.1, 0.15) is 30.6 Å². The van der Waals surface area contributed by atoms with Crippen LogP contribution in [0.25, 0.3) is 0 Å². The molecule has 2 fully saturated rings. The number of para-hydroxylation sites is 1. The van der Waals surface area contributed by atoms with Crippen molar-refractivity contribution in [1.29, 1.82) is 0 Å². The molecule has 8 nitrogen and oxygen atoms in total. The van der Waals surface area contributed by atoms with E-state index in [0.29, 0.717) is 43.9 Å². The zero-order valence-electron chi connectivity index (χ0n) is 17.8. The number of methoxy groups -OCH3 is 1. The van der Waals surface area contributed by atoms with Crippen molar-refractivity contribution in [1.82, 2.24) is 15.1 Å². The Balaban J connectivity index is 1.61. The molecule has 1 unspecified atom stereocenters. The molecule has 2 heterocycles. The van der Waals surface area contributed by atoms with Gasteiger partial charge in [0.25, 0.3) is 5.91 Å². The summed E-state index contributed by atoms with van der Waals surface area (Å²) in [6, 6.07) is 6.34. The quantitative estimate of drug-likeness (QED) is 0.707. The molecule has 30 heavy (non-hydrogen) atoms. The molecule has 166 valence electrons. The summed E-state index contributed by atoms with van der Waals surface area (Å²) in [6.45, 7) is 6.18. The molecule has 2 aliphatic rings. The topological polar surface area (TPSA) is 96.0 Å². The van der Waals surface area contributed by atoms with Gasteiger partial charge in [0.15, 0.2) is 9.84 Å². The molecule has 9 heteroatoms. The third kappa shape index (κ3) is 5.13. The summed E-state index contributed by atoms with van der Waals surface area (Å²) in [7, 11) is -1.42. The van der Waals surface area contributed by atoms with Crippen molar-refractivity contribution in [3.8, 4) is 5.75 Å². The zero-order valence-corrected chi connectivity index (χ0v) is 18.7. The smallest absolute Gasteiger partial charge is 0.255 e. The number of ether oxygens (including phenoxy) is 1. The van der Waals surface area contributed by atoms with E-state index in [9.17, 15) is 18.0 Å².